The summed E-state index contributed by atoms with van der Waals surface area (Å²) in [5, 5.41) is 6.11. The standard InChI is InChI=1S/C20H24N4OS/c1-4-23(5-2)10-11-24-19-15(25-3)12-14(21)20-17(19)18(22-24)13-8-6-7-9-16(13)26-20/h6-9,12H,4-5,10-11,21H2,1-3H3. The molecule has 2 N–H and O–H groups in total. The maximum atomic E-state index is 6.36. The summed E-state index contributed by atoms with van der Waals surface area (Å²) in [4.78, 5) is 4.69. The monoisotopic (exact) mass is 368 g/mol. The van der Waals surface area contributed by atoms with Crippen LogP contribution >= 0.6 is 11.8 Å². The molecule has 1 aromatic heterocycles. The largest absolute Gasteiger partial charge is 0.494 e. The van der Waals surface area contributed by atoms with Crippen molar-refractivity contribution in [3.05, 3.63) is 30.3 Å². The van der Waals surface area contributed by atoms with Gasteiger partial charge in [-0.05, 0) is 19.2 Å². The number of likely N-dealkylation sites (N-methyl/N-ethyl adjacent to an activating group) is 1. The van der Waals surface area contributed by atoms with Crippen LogP contribution in [0.1, 0.15) is 13.8 Å². The molecule has 2 aromatic carbocycles. The second-order valence-electron chi connectivity index (χ2n) is 6.42. The molecule has 26 heavy (non-hydrogen) atoms. The number of hydrogen-bond acceptors (Lipinski definition) is 5. The van der Waals surface area contributed by atoms with Crippen LogP contribution in [0, 0.1) is 0 Å². The fourth-order valence-corrected chi connectivity index (χ4v) is 4.71. The van der Waals surface area contributed by atoms with Gasteiger partial charge in [0, 0.05) is 33.4 Å². The Balaban J connectivity index is 1.92. The Morgan fingerprint density at radius 1 is 1.23 bits per heavy atom. The lowest BCUT2D eigenvalue weighted by Crippen LogP contribution is -2.27. The molecular formula is C20H24N4OS. The van der Waals surface area contributed by atoms with Gasteiger partial charge < -0.3 is 15.4 Å². The smallest absolute Gasteiger partial charge is 0.146 e. The summed E-state index contributed by atoms with van der Waals surface area (Å²) in [5.74, 6) is 0.791. The van der Waals surface area contributed by atoms with Gasteiger partial charge in [0.2, 0.25) is 0 Å². The van der Waals surface area contributed by atoms with Crippen LogP contribution in [0.2, 0.25) is 0 Å². The van der Waals surface area contributed by atoms with E-state index >= 15 is 0 Å². The number of rotatable bonds is 6. The van der Waals surface area contributed by atoms with Gasteiger partial charge >= 0.3 is 0 Å². The summed E-state index contributed by atoms with van der Waals surface area (Å²) in [6, 6.07) is 10.3. The van der Waals surface area contributed by atoms with E-state index < -0.39 is 0 Å². The Bertz CT molecular complexity index is 962. The van der Waals surface area contributed by atoms with E-state index in [1.807, 2.05) is 6.07 Å². The van der Waals surface area contributed by atoms with Crippen molar-refractivity contribution in [3.63, 3.8) is 0 Å². The van der Waals surface area contributed by atoms with Crippen LogP contribution in [0.25, 0.3) is 22.2 Å². The van der Waals surface area contributed by atoms with Crippen molar-refractivity contribution in [2.24, 2.45) is 0 Å². The topological polar surface area (TPSA) is 56.3 Å². The van der Waals surface area contributed by atoms with Crippen molar-refractivity contribution in [1.29, 1.82) is 0 Å². The molecule has 0 aliphatic carbocycles. The molecule has 0 radical (unpaired) electrons. The van der Waals surface area contributed by atoms with Gasteiger partial charge in [-0.1, -0.05) is 43.8 Å². The van der Waals surface area contributed by atoms with Crippen LogP contribution in [0.15, 0.2) is 40.1 Å². The summed E-state index contributed by atoms with van der Waals surface area (Å²) < 4.78 is 7.76. The molecule has 2 heterocycles. The Hall–Kier alpha value is -2.18. The first-order valence-corrected chi connectivity index (χ1v) is 9.86. The fourth-order valence-electron chi connectivity index (χ4n) is 3.60. The van der Waals surface area contributed by atoms with Crippen LogP contribution in [0.4, 0.5) is 5.69 Å². The SMILES string of the molecule is CCN(CC)CCn1nc2c3c(c(N)cc(OC)c31)Sc1ccccc1-2. The number of hydrogen-bond donors (Lipinski definition) is 1. The Morgan fingerprint density at radius 3 is 2.73 bits per heavy atom. The molecule has 3 aromatic rings. The van der Waals surface area contributed by atoms with Crippen LogP contribution in [0.5, 0.6) is 5.75 Å². The Labute approximate surface area is 158 Å². The van der Waals surface area contributed by atoms with E-state index in [-0.39, 0.29) is 0 Å². The van der Waals surface area contributed by atoms with Crippen LogP contribution in [-0.2, 0) is 6.54 Å². The number of aromatic nitrogens is 2. The zero-order chi connectivity index (χ0) is 18.3. The molecule has 1 aliphatic rings. The minimum atomic E-state index is 0.749. The molecule has 0 unspecified atom stereocenters. The van der Waals surface area contributed by atoms with E-state index in [4.69, 9.17) is 15.6 Å². The third-order valence-corrected chi connectivity index (χ3v) is 6.28. The summed E-state index contributed by atoms with van der Waals surface area (Å²) in [7, 11) is 1.70. The van der Waals surface area contributed by atoms with Gasteiger partial charge in [0.15, 0.2) is 0 Å². The highest BCUT2D eigenvalue weighted by molar-refractivity contribution is 8.00. The van der Waals surface area contributed by atoms with E-state index in [2.05, 4.69) is 47.7 Å². The number of ether oxygens (including phenoxy) is 1. The summed E-state index contributed by atoms with van der Waals surface area (Å²) >= 11 is 1.72. The molecule has 0 spiro atoms. The molecule has 0 atom stereocenters. The maximum Gasteiger partial charge on any atom is 0.146 e. The number of methoxy groups -OCH3 is 1. The third-order valence-electron chi connectivity index (χ3n) is 5.06. The van der Waals surface area contributed by atoms with Crippen molar-refractivity contribution in [3.8, 4) is 17.0 Å². The predicted octanol–water partition coefficient (Wildman–Crippen LogP) is 4.10. The van der Waals surface area contributed by atoms with E-state index in [0.29, 0.717) is 0 Å². The third kappa shape index (κ3) is 2.64. The fraction of sp³-hybridized carbons (Fsp3) is 0.350. The zero-order valence-electron chi connectivity index (χ0n) is 15.5. The van der Waals surface area contributed by atoms with E-state index in [0.717, 1.165) is 59.1 Å². The van der Waals surface area contributed by atoms with Gasteiger partial charge in [0.05, 0.1) is 19.3 Å². The molecule has 136 valence electrons. The van der Waals surface area contributed by atoms with Crippen molar-refractivity contribution in [2.75, 3.05) is 32.5 Å². The van der Waals surface area contributed by atoms with Gasteiger partial charge in [-0.2, -0.15) is 5.10 Å². The van der Waals surface area contributed by atoms with Gasteiger partial charge in [0.25, 0.3) is 0 Å². The first-order chi connectivity index (χ1) is 12.7. The molecule has 5 nitrogen and oxygen atoms in total. The average Bonchev–Trinajstić information content (AvgIpc) is 3.05. The lowest BCUT2D eigenvalue weighted by molar-refractivity contribution is 0.286. The predicted molar refractivity (Wildman–Crippen MR) is 108 cm³/mol. The zero-order valence-corrected chi connectivity index (χ0v) is 16.3. The van der Waals surface area contributed by atoms with Crippen LogP contribution in [-0.4, -0.2) is 41.4 Å². The molecular weight excluding hydrogens is 344 g/mol. The second kappa shape index (κ2) is 6.85. The normalized spacial score (nSPS) is 12.6. The Morgan fingerprint density at radius 2 is 2.00 bits per heavy atom. The summed E-state index contributed by atoms with van der Waals surface area (Å²) in [6.45, 7) is 8.24. The van der Waals surface area contributed by atoms with Gasteiger partial charge in [-0.3, -0.25) is 4.68 Å². The molecule has 0 fully saturated rings. The number of nitrogens with zero attached hydrogens (tertiary/aromatic N) is 3. The summed E-state index contributed by atoms with van der Waals surface area (Å²) in [5.41, 5.74) is 10.3. The van der Waals surface area contributed by atoms with Gasteiger partial charge in [0.1, 0.15) is 17.0 Å². The van der Waals surface area contributed by atoms with Crippen molar-refractivity contribution in [2.45, 2.75) is 30.2 Å². The molecule has 0 amide bonds. The van der Waals surface area contributed by atoms with Crippen LogP contribution < -0.4 is 10.5 Å². The lowest BCUT2D eigenvalue weighted by atomic mass is 10.1. The molecule has 0 saturated heterocycles. The minimum absolute atomic E-state index is 0.749. The van der Waals surface area contributed by atoms with E-state index in [1.165, 1.54) is 10.5 Å². The molecule has 1 aliphatic heterocycles. The highest BCUT2D eigenvalue weighted by atomic mass is 32.2. The van der Waals surface area contributed by atoms with E-state index in [1.54, 1.807) is 18.9 Å². The summed E-state index contributed by atoms with van der Waals surface area (Å²) in [6.07, 6.45) is 0. The number of nitrogen functional groups attached to an aromatic ring is 1. The van der Waals surface area contributed by atoms with Gasteiger partial charge in [-0.15, -0.1) is 0 Å². The Kier molecular flexibility index (Phi) is 4.54. The molecule has 4 rings (SSSR count). The number of nitrogens with two attached hydrogens (primary N) is 1. The first kappa shape index (κ1) is 17.2. The van der Waals surface area contributed by atoms with Crippen molar-refractivity contribution < 1.29 is 4.74 Å². The van der Waals surface area contributed by atoms with Crippen LogP contribution in [0.3, 0.4) is 0 Å². The number of benzene rings is 2. The number of fused-ring (bicyclic) bond motifs is 2. The molecule has 0 bridgehead atoms. The molecule has 0 saturated carbocycles. The quantitative estimate of drug-likeness (QED) is 0.519. The maximum absolute atomic E-state index is 6.36. The minimum Gasteiger partial charge on any atom is -0.494 e. The highest BCUT2D eigenvalue weighted by Crippen LogP contribution is 2.51. The molecule has 6 heteroatoms. The van der Waals surface area contributed by atoms with Crippen molar-refractivity contribution >= 4 is 28.4 Å². The lowest BCUT2D eigenvalue weighted by Gasteiger charge is -2.19. The highest BCUT2D eigenvalue weighted by Gasteiger charge is 2.27. The van der Waals surface area contributed by atoms with Gasteiger partial charge in [-0.25, -0.2) is 0 Å². The first-order valence-electron chi connectivity index (χ1n) is 9.04. The van der Waals surface area contributed by atoms with Crippen molar-refractivity contribution in [1.82, 2.24) is 14.7 Å². The average molecular weight is 369 g/mol. The number of anilines is 1. The van der Waals surface area contributed by atoms with E-state index in [9.17, 15) is 0 Å². The second-order valence-corrected chi connectivity index (χ2v) is 7.47.